The number of nitrogens with two attached hydrogens (primary N) is 1. The molecule has 0 heterocycles. The van der Waals surface area contributed by atoms with E-state index in [-0.39, 0.29) is 17.9 Å². The summed E-state index contributed by atoms with van der Waals surface area (Å²) in [6.45, 7) is 4.96. The summed E-state index contributed by atoms with van der Waals surface area (Å²) in [5.74, 6) is 0.909. The van der Waals surface area contributed by atoms with Gasteiger partial charge in [0.2, 0.25) is 5.91 Å². The van der Waals surface area contributed by atoms with Gasteiger partial charge in [-0.05, 0) is 18.8 Å². The topological polar surface area (TPSA) is 55.1 Å². The van der Waals surface area contributed by atoms with Crippen LogP contribution in [0.5, 0.6) is 0 Å². The van der Waals surface area contributed by atoms with Crippen LogP contribution in [0.3, 0.4) is 0 Å². The van der Waals surface area contributed by atoms with Crippen LogP contribution in [-0.4, -0.2) is 18.5 Å². The number of rotatable bonds is 3. The second-order valence-electron chi connectivity index (χ2n) is 4.07. The molecule has 12 heavy (non-hydrogen) atoms. The molecule has 3 N–H and O–H groups in total. The highest BCUT2D eigenvalue weighted by Gasteiger charge is 2.31. The first kappa shape index (κ1) is 9.52. The minimum atomic E-state index is 0.186. The molecule has 1 amide bonds. The molecule has 3 nitrogen and oxygen atoms in total. The van der Waals surface area contributed by atoms with Crippen molar-refractivity contribution in [2.45, 2.75) is 32.7 Å². The maximum atomic E-state index is 11.3. The second-order valence-corrected chi connectivity index (χ2v) is 4.07. The van der Waals surface area contributed by atoms with E-state index < -0.39 is 0 Å². The molecule has 0 unspecified atom stereocenters. The second kappa shape index (κ2) is 3.90. The monoisotopic (exact) mass is 170 g/mol. The van der Waals surface area contributed by atoms with E-state index in [4.69, 9.17) is 5.73 Å². The lowest BCUT2D eigenvalue weighted by Gasteiger charge is -2.31. The minimum Gasteiger partial charge on any atom is -0.356 e. The van der Waals surface area contributed by atoms with Crippen molar-refractivity contribution in [2.24, 2.45) is 17.6 Å². The molecule has 1 rings (SSSR count). The smallest absolute Gasteiger partial charge is 0.223 e. The Morgan fingerprint density at radius 2 is 2.17 bits per heavy atom. The van der Waals surface area contributed by atoms with E-state index in [1.807, 2.05) is 0 Å². The molecule has 0 radical (unpaired) electrons. The van der Waals surface area contributed by atoms with Crippen LogP contribution in [0.2, 0.25) is 0 Å². The first-order valence-electron chi connectivity index (χ1n) is 4.63. The number of hydrogen-bond acceptors (Lipinski definition) is 2. The third-order valence-corrected chi connectivity index (χ3v) is 2.23. The third-order valence-electron chi connectivity index (χ3n) is 2.23. The normalized spacial score (nSPS) is 28.3. The van der Waals surface area contributed by atoms with Crippen molar-refractivity contribution >= 4 is 5.91 Å². The highest BCUT2D eigenvalue weighted by Crippen LogP contribution is 2.25. The van der Waals surface area contributed by atoms with Gasteiger partial charge < -0.3 is 11.1 Å². The van der Waals surface area contributed by atoms with Gasteiger partial charge in [0, 0.05) is 18.5 Å². The van der Waals surface area contributed by atoms with Gasteiger partial charge in [-0.25, -0.2) is 0 Å². The lowest BCUT2D eigenvalue weighted by molar-refractivity contribution is -0.128. The van der Waals surface area contributed by atoms with Crippen LogP contribution < -0.4 is 11.1 Å². The van der Waals surface area contributed by atoms with Crippen LogP contribution in [0.1, 0.15) is 26.7 Å². The van der Waals surface area contributed by atoms with Crippen LogP contribution in [0, 0.1) is 11.8 Å². The standard InChI is InChI=1S/C9H18N2O/c1-6(2)5-11-9(12)7-3-8(10)4-7/h6-8H,3-5,10H2,1-2H3,(H,11,12). The van der Waals surface area contributed by atoms with E-state index in [0.717, 1.165) is 19.4 Å². The van der Waals surface area contributed by atoms with Crippen molar-refractivity contribution in [3.8, 4) is 0 Å². The molecule has 1 fully saturated rings. The Morgan fingerprint density at radius 1 is 1.58 bits per heavy atom. The molecular weight excluding hydrogens is 152 g/mol. The zero-order valence-electron chi connectivity index (χ0n) is 7.84. The summed E-state index contributed by atoms with van der Waals surface area (Å²) in [5, 5.41) is 2.91. The van der Waals surface area contributed by atoms with Gasteiger partial charge in [0.05, 0.1) is 0 Å². The Kier molecular flexibility index (Phi) is 3.09. The molecule has 0 spiro atoms. The first-order chi connectivity index (χ1) is 5.59. The Balaban J connectivity index is 2.13. The lowest BCUT2D eigenvalue weighted by atomic mass is 9.80. The molecular formula is C9H18N2O. The third kappa shape index (κ3) is 2.48. The molecule has 0 bridgehead atoms. The van der Waals surface area contributed by atoms with Crippen molar-refractivity contribution in [1.29, 1.82) is 0 Å². The van der Waals surface area contributed by atoms with E-state index in [0.29, 0.717) is 5.92 Å². The SMILES string of the molecule is CC(C)CNC(=O)C1CC(N)C1. The highest BCUT2D eigenvalue weighted by atomic mass is 16.1. The summed E-state index contributed by atoms with van der Waals surface area (Å²) in [6, 6.07) is 0.264. The molecule has 0 atom stereocenters. The Hall–Kier alpha value is -0.570. The van der Waals surface area contributed by atoms with Crippen LogP contribution >= 0.6 is 0 Å². The molecule has 0 aromatic carbocycles. The average molecular weight is 170 g/mol. The first-order valence-corrected chi connectivity index (χ1v) is 4.63. The predicted molar refractivity (Wildman–Crippen MR) is 48.5 cm³/mol. The lowest BCUT2D eigenvalue weighted by Crippen LogP contribution is -2.45. The number of nitrogens with one attached hydrogen (secondary N) is 1. The molecule has 0 aromatic rings. The molecule has 70 valence electrons. The zero-order valence-corrected chi connectivity index (χ0v) is 7.84. The molecule has 0 aliphatic heterocycles. The van der Waals surface area contributed by atoms with Crippen molar-refractivity contribution in [3.63, 3.8) is 0 Å². The summed E-state index contributed by atoms with van der Waals surface area (Å²) in [4.78, 5) is 11.3. The van der Waals surface area contributed by atoms with Crippen molar-refractivity contribution in [2.75, 3.05) is 6.54 Å². The fraction of sp³-hybridized carbons (Fsp3) is 0.889. The van der Waals surface area contributed by atoms with Gasteiger partial charge in [0.25, 0.3) is 0 Å². The average Bonchev–Trinajstić information content (AvgIpc) is 1.94. The molecule has 1 saturated carbocycles. The molecule has 3 heteroatoms. The molecule has 0 aromatic heterocycles. The summed E-state index contributed by atoms with van der Waals surface area (Å²) in [6.07, 6.45) is 1.73. The van der Waals surface area contributed by atoms with Crippen LogP contribution in [0.15, 0.2) is 0 Å². The molecule has 0 saturated heterocycles. The number of carbonyl (C=O) groups excluding carboxylic acids is 1. The van der Waals surface area contributed by atoms with Gasteiger partial charge in [0.15, 0.2) is 0 Å². The van der Waals surface area contributed by atoms with E-state index >= 15 is 0 Å². The summed E-state index contributed by atoms with van der Waals surface area (Å²) < 4.78 is 0. The number of amides is 1. The van der Waals surface area contributed by atoms with Crippen LogP contribution in [-0.2, 0) is 4.79 Å². The minimum absolute atomic E-state index is 0.186. The van der Waals surface area contributed by atoms with Gasteiger partial charge >= 0.3 is 0 Å². The summed E-state index contributed by atoms with van der Waals surface area (Å²) in [5.41, 5.74) is 5.58. The van der Waals surface area contributed by atoms with Crippen LogP contribution in [0.25, 0.3) is 0 Å². The van der Waals surface area contributed by atoms with E-state index in [1.165, 1.54) is 0 Å². The van der Waals surface area contributed by atoms with Gasteiger partial charge in [-0.3, -0.25) is 4.79 Å². The van der Waals surface area contributed by atoms with E-state index in [9.17, 15) is 4.79 Å². The molecule has 1 aliphatic carbocycles. The fourth-order valence-corrected chi connectivity index (χ4v) is 1.32. The van der Waals surface area contributed by atoms with Crippen molar-refractivity contribution < 1.29 is 4.79 Å². The Morgan fingerprint density at radius 3 is 2.58 bits per heavy atom. The summed E-state index contributed by atoms with van der Waals surface area (Å²) in [7, 11) is 0. The summed E-state index contributed by atoms with van der Waals surface area (Å²) >= 11 is 0. The highest BCUT2D eigenvalue weighted by molar-refractivity contribution is 5.79. The van der Waals surface area contributed by atoms with Gasteiger partial charge in [0.1, 0.15) is 0 Å². The maximum Gasteiger partial charge on any atom is 0.223 e. The fourth-order valence-electron chi connectivity index (χ4n) is 1.32. The van der Waals surface area contributed by atoms with Gasteiger partial charge in [-0.15, -0.1) is 0 Å². The largest absolute Gasteiger partial charge is 0.356 e. The van der Waals surface area contributed by atoms with E-state index in [1.54, 1.807) is 0 Å². The van der Waals surface area contributed by atoms with Crippen LogP contribution in [0.4, 0.5) is 0 Å². The Bertz CT molecular complexity index is 162. The van der Waals surface area contributed by atoms with Gasteiger partial charge in [-0.2, -0.15) is 0 Å². The maximum absolute atomic E-state index is 11.3. The van der Waals surface area contributed by atoms with Gasteiger partial charge in [-0.1, -0.05) is 13.8 Å². The number of hydrogen-bond donors (Lipinski definition) is 2. The zero-order chi connectivity index (χ0) is 9.14. The predicted octanol–water partition coefficient (Wildman–Crippen LogP) is 0.496. The Labute approximate surface area is 73.7 Å². The number of carbonyl (C=O) groups is 1. The molecule has 1 aliphatic rings. The van der Waals surface area contributed by atoms with Crippen molar-refractivity contribution in [1.82, 2.24) is 5.32 Å². The van der Waals surface area contributed by atoms with Crippen molar-refractivity contribution in [3.05, 3.63) is 0 Å². The van der Waals surface area contributed by atoms with E-state index in [2.05, 4.69) is 19.2 Å². The quantitative estimate of drug-likeness (QED) is 0.648.